The zero-order valence-corrected chi connectivity index (χ0v) is 17.5. The van der Waals surface area contributed by atoms with Gasteiger partial charge in [0.25, 0.3) is 11.8 Å². The zero-order valence-electron chi connectivity index (χ0n) is 17.5. The molecule has 0 fully saturated rings. The minimum Gasteiger partial charge on any atom is -0.445 e. The number of fused-ring (bicyclic) bond motifs is 2. The summed E-state index contributed by atoms with van der Waals surface area (Å²) >= 11 is 0. The highest BCUT2D eigenvalue weighted by Crippen LogP contribution is 2.38. The highest BCUT2D eigenvalue weighted by molar-refractivity contribution is 6.31. The average molecular weight is 417 g/mol. The van der Waals surface area contributed by atoms with Crippen LogP contribution in [0.4, 0.5) is 10.5 Å². The maximum absolute atomic E-state index is 13.5. The number of amides is 3. The Morgan fingerprint density at radius 2 is 1.90 bits per heavy atom. The number of imide groups is 1. The molecule has 1 aliphatic heterocycles. The van der Waals surface area contributed by atoms with Gasteiger partial charge in [0.1, 0.15) is 6.61 Å². The quantitative estimate of drug-likeness (QED) is 0.374. The molecule has 3 aromatic rings. The summed E-state index contributed by atoms with van der Waals surface area (Å²) in [5, 5.41) is 5.53. The Kier molecular flexibility index (Phi) is 5.44. The molecule has 3 amide bonds. The van der Waals surface area contributed by atoms with Crippen molar-refractivity contribution >= 4 is 45.1 Å². The lowest BCUT2D eigenvalue weighted by molar-refractivity contribution is 0.0602. The number of carbonyl (C=O) groups excluding carboxylic acids is 3. The van der Waals surface area contributed by atoms with Gasteiger partial charge >= 0.3 is 6.09 Å². The van der Waals surface area contributed by atoms with Gasteiger partial charge in [0.2, 0.25) is 0 Å². The van der Waals surface area contributed by atoms with Crippen molar-refractivity contribution < 1.29 is 19.1 Å². The van der Waals surface area contributed by atoms with E-state index < -0.39 is 6.09 Å². The second-order valence-electron chi connectivity index (χ2n) is 7.63. The standard InChI is InChI=1S/C24H23N3O4/c1-4-13-31-24(30)25-19-10-6-8-16-18(19)14-15-7-5-9-17-20(15)21(16)23(29)27(22(17)28)12-11-26(2)3/h4-10,14H,1,11-13H2,2-3H3,(H,25,30). The van der Waals surface area contributed by atoms with Crippen LogP contribution in [0.25, 0.3) is 21.5 Å². The summed E-state index contributed by atoms with van der Waals surface area (Å²) in [4.78, 5) is 41.9. The van der Waals surface area contributed by atoms with Crippen LogP contribution >= 0.6 is 0 Å². The smallest absolute Gasteiger partial charge is 0.411 e. The van der Waals surface area contributed by atoms with Crippen LogP contribution in [0, 0.1) is 0 Å². The van der Waals surface area contributed by atoms with Crippen molar-refractivity contribution in [2.75, 3.05) is 39.1 Å². The van der Waals surface area contributed by atoms with E-state index in [2.05, 4.69) is 11.9 Å². The molecule has 31 heavy (non-hydrogen) atoms. The summed E-state index contributed by atoms with van der Waals surface area (Å²) in [5.74, 6) is -0.612. The average Bonchev–Trinajstić information content (AvgIpc) is 2.75. The molecule has 0 bridgehead atoms. The Labute approximate surface area is 179 Å². The molecular weight excluding hydrogens is 394 g/mol. The summed E-state index contributed by atoms with van der Waals surface area (Å²) < 4.78 is 5.03. The van der Waals surface area contributed by atoms with Crippen LogP contribution in [0.3, 0.4) is 0 Å². The van der Waals surface area contributed by atoms with E-state index in [1.165, 1.54) is 11.0 Å². The van der Waals surface area contributed by atoms with Crippen molar-refractivity contribution in [1.82, 2.24) is 9.80 Å². The van der Waals surface area contributed by atoms with E-state index in [0.717, 1.165) is 5.39 Å². The van der Waals surface area contributed by atoms with Gasteiger partial charge in [-0.15, -0.1) is 0 Å². The van der Waals surface area contributed by atoms with Crippen molar-refractivity contribution in [1.29, 1.82) is 0 Å². The van der Waals surface area contributed by atoms with Crippen LogP contribution in [0.1, 0.15) is 20.7 Å². The van der Waals surface area contributed by atoms with Gasteiger partial charge in [-0.2, -0.15) is 0 Å². The number of carbonyl (C=O) groups is 3. The molecule has 0 aromatic heterocycles. The van der Waals surface area contributed by atoms with Crippen LogP contribution in [-0.4, -0.2) is 61.5 Å². The van der Waals surface area contributed by atoms with E-state index in [4.69, 9.17) is 4.74 Å². The molecule has 158 valence electrons. The van der Waals surface area contributed by atoms with Crippen LogP contribution < -0.4 is 5.32 Å². The normalized spacial score (nSPS) is 13.2. The van der Waals surface area contributed by atoms with Gasteiger partial charge in [0, 0.05) is 29.4 Å². The number of nitrogens with zero attached hydrogens (tertiary/aromatic N) is 2. The fraction of sp³-hybridized carbons (Fsp3) is 0.208. The number of hydrogen-bond donors (Lipinski definition) is 1. The van der Waals surface area contributed by atoms with E-state index in [0.29, 0.717) is 46.1 Å². The molecule has 0 radical (unpaired) electrons. The first-order valence-electron chi connectivity index (χ1n) is 9.96. The summed E-state index contributed by atoms with van der Waals surface area (Å²) in [6.07, 6.45) is 0.879. The monoisotopic (exact) mass is 417 g/mol. The lowest BCUT2D eigenvalue weighted by atomic mass is 9.89. The Hall–Kier alpha value is -3.71. The van der Waals surface area contributed by atoms with Gasteiger partial charge in [-0.3, -0.25) is 19.8 Å². The summed E-state index contributed by atoms with van der Waals surface area (Å²) in [7, 11) is 3.79. The number of hydrogen-bond acceptors (Lipinski definition) is 5. The van der Waals surface area contributed by atoms with Gasteiger partial charge in [0.15, 0.2) is 0 Å². The predicted octanol–water partition coefficient (Wildman–Crippen LogP) is 3.89. The fourth-order valence-corrected chi connectivity index (χ4v) is 3.86. The van der Waals surface area contributed by atoms with Gasteiger partial charge < -0.3 is 9.64 Å². The van der Waals surface area contributed by atoms with Crippen LogP contribution in [0.5, 0.6) is 0 Å². The first kappa shape index (κ1) is 20.6. The van der Waals surface area contributed by atoms with Crippen molar-refractivity contribution in [2.45, 2.75) is 0 Å². The number of anilines is 1. The van der Waals surface area contributed by atoms with E-state index in [9.17, 15) is 14.4 Å². The highest BCUT2D eigenvalue weighted by Gasteiger charge is 2.34. The number of likely N-dealkylation sites (N-methyl/N-ethyl adjacent to an activating group) is 1. The predicted molar refractivity (Wildman–Crippen MR) is 121 cm³/mol. The number of ether oxygens (including phenoxy) is 1. The van der Waals surface area contributed by atoms with Crippen molar-refractivity contribution in [3.63, 3.8) is 0 Å². The third kappa shape index (κ3) is 3.64. The molecule has 3 aromatic carbocycles. The van der Waals surface area contributed by atoms with E-state index >= 15 is 0 Å². The molecule has 4 rings (SSSR count). The maximum Gasteiger partial charge on any atom is 0.411 e. The summed E-state index contributed by atoms with van der Waals surface area (Å²) in [6.45, 7) is 4.48. The molecule has 1 aliphatic rings. The molecule has 0 aliphatic carbocycles. The number of rotatable bonds is 6. The Bertz CT molecular complexity index is 1230. The van der Waals surface area contributed by atoms with Gasteiger partial charge in [-0.05, 0) is 43.1 Å². The van der Waals surface area contributed by atoms with E-state index in [-0.39, 0.29) is 18.4 Å². The summed E-state index contributed by atoms with van der Waals surface area (Å²) in [6, 6.07) is 12.7. The molecule has 1 N–H and O–H groups in total. The molecule has 0 saturated carbocycles. The highest BCUT2D eigenvalue weighted by atomic mass is 16.5. The number of benzene rings is 3. The van der Waals surface area contributed by atoms with Crippen molar-refractivity contribution in [3.05, 3.63) is 66.2 Å². The first-order chi connectivity index (χ1) is 14.9. The molecule has 0 spiro atoms. The molecule has 7 nitrogen and oxygen atoms in total. The first-order valence-corrected chi connectivity index (χ1v) is 9.96. The van der Waals surface area contributed by atoms with Gasteiger partial charge in [0.05, 0.1) is 11.3 Å². The second kappa shape index (κ2) is 8.20. The topological polar surface area (TPSA) is 79.0 Å². The summed E-state index contributed by atoms with van der Waals surface area (Å²) in [5.41, 5.74) is 1.51. The second-order valence-corrected chi connectivity index (χ2v) is 7.63. The Morgan fingerprint density at radius 1 is 1.13 bits per heavy atom. The lowest BCUT2D eigenvalue weighted by Crippen LogP contribution is -2.43. The van der Waals surface area contributed by atoms with Gasteiger partial charge in [-0.1, -0.05) is 36.9 Å². The zero-order chi connectivity index (χ0) is 22.1. The Morgan fingerprint density at radius 3 is 2.65 bits per heavy atom. The lowest BCUT2D eigenvalue weighted by Gasteiger charge is -2.29. The van der Waals surface area contributed by atoms with E-state index in [1.807, 2.05) is 37.2 Å². The van der Waals surface area contributed by atoms with Crippen LogP contribution in [0.15, 0.2) is 55.1 Å². The molecule has 0 saturated heterocycles. The third-order valence-electron chi connectivity index (χ3n) is 5.30. The third-order valence-corrected chi connectivity index (χ3v) is 5.30. The molecule has 0 unspecified atom stereocenters. The van der Waals surface area contributed by atoms with Crippen LogP contribution in [-0.2, 0) is 4.74 Å². The largest absolute Gasteiger partial charge is 0.445 e. The van der Waals surface area contributed by atoms with Crippen molar-refractivity contribution in [3.8, 4) is 0 Å². The van der Waals surface area contributed by atoms with Crippen LogP contribution in [0.2, 0.25) is 0 Å². The maximum atomic E-state index is 13.5. The van der Waals surface area contributed by atoms with Gasteiger partial charge in [-0.25, -0.2) is 4.79 Å². The Balaban J connectivity index is 1.90. The minimum atomic E-state index is -0.607. The molecule has 1 heterocycles. The fourth-order valence-electron chi connectivity index (χ4n) is 3.86. The molecule has 0 atom stereocenters. The minimum absolute atomic E-state index is 0.0928. The number of nitrogens with one attached hydrogen (secondary N) is 1. The van der Waals surface area contributed by atoms with E-state index in [1.54, 1.807) is 24.3 Å². The molecular formula is C24H23N3O4. The SMILES string of the molecule is C=CCOC(=O)Nc1cccc2c3c4c(cccc4cc12)C(=O)N(CCN(C)C)C3=O. The van der Waals surface area contributed by atoms with Crippen molar-refractivity contribution in [2.24, 2.45) is 0 Å². The molecule has 7 heteroatoms.